The monoisotopic (exact) mass is 330 g/mol. The molecule has 0 aliphatic rings. The number of phenolic OH excluding ortho intramolecular Hbond substituents is 1. The molecule has 0 spiro atoms. The molecule has 3 rings (SSSR count). The van der Waals surface area contributed by atoms with Crippen LogP contribution in [0, 0.1) is 4.77 Å². The smallest absolute Gasteiger partial charge is 0.266 e. The first-order valence-corrected chi connectivity index (χ1v) is 7.16. The quantitative estimate of drug-likeness (QED) is 0.722. The number of H-pyrrole nitrogens is 1. The fourth-order valence-electron chi connectivity index (χ4n) is 2.40. The van der Waals surface area contributed by atoms with E-state index in [0.29, 0.717) is 28.1 Å². The third kappa shape index (κ3) is 2.55. The Hall–Kier alpha value is -2.80. The van der Waals surface area contributed by atoms with E-state index in [-0.39, 0.29) is 16.1 Å². The summed E-state index contributed by atoms with van der Waals surface area (Å²) in [5.41, 5.74) is 0.761. The van der Waals surface area contributed by atoms with Crippen molar-refractivity contribution in [2.24, 2.45) is 0 Å². The third-order valence-corrected chi connectivity index (χ3v) is 3.79. The lowest BCUT2D eigenvalue weighted by Crippen LogP contribution is -2.20. The Bertz CT molecular complexity index is 1010. The maximum Gasteiger partial charge on any atom is 0.266 e. The van der Waals surface area contributed by atoms with Gasteiger partial charge in [0.15, 0.2) is 16.3 Å². The largest absolute Gasteiger partial charge is 0.508 e. The summed E-state index contributed by atoms with van der Waals surface area (Å²) >= 11 is 5.29. The van der Waals surface area contributed by atoms with E-state index in [9.17, 15) is 9.90 Å². The van der Waals surface area contributed by atoms with Crippen LogP contribution in [-0.4, -0.2) is 28.9 Å². The molecule has 2 N–H and O–H groups in total. The number of methoxy groups -OCH3 is 2. The highest BCUT2D eigenvalue weighted by atomic mass is 32.1. The highest BCUT2D eigenvalue weighted by Crippen LogP contribution is 2.29. The van der Waals surface area contributed by atoms with Crippen LogP contribution in [0.5, 0.6) is 17.2 Å². The third-order valence-electron chi connectivity index (χ3n) is 3.51. The molecule has 0 saturated carbocycles. The minimum Gasteiger partial charge on any atom is -0.508 e. The van der Waals surface area contributed by atoms with Crippen LogP contribution in [0.1, 0.15) is 0 Å². The normalized spacial score (nSPS) is 10.7. The molecule has 0 fully saturated rings. The number of phenols is 1. The van der Waals surface area contributed by atoms with Crippen LogP contribution < -0.4 is 15.0 Å². The molecule has 0 atom stereocenters. The van der Waals surface area contributed by atoms with Crippen molar-refractivity contribution in [2.45, 2.75) is 0 Å². The van der Waals surface area contributed by atoms with Crippen LogP contribution in [0.4, 0.5) is 0 Å². The summed E-state index contributed by atoms with van der Waals surface area (Å²) in [6, 6.07) is 9.58. The van der Waals surface area contributed by atoms with Gasteiger partial charge < -0.3 is 19.6 Å². The zero-order valence-electron chi connectivity index (χ0n) is 12.5. The molecule has 0 saturated heterocycles. The number of ether oxygens (including phenoxy) is 2. The zero-order valence-corrected chi connectivity index (χ0v) is 13.3. The van der Waals surface area contributed by atoms with E-state index >= 15 is 0 Å². The lowest BCUT2D eigenvalue weighted by molar-refractivity contribution is 0.355. The lowest BCUT2D eigenvalue weighted by Gasteiger charge is -2.12. The molecule has 23 heavy (non-hydrogen) atoms. The van der Waals surface area contributed by atoms with Gasteiger partial charge in [-0.15, -0.1) is 0 Å². The molecule has 0 unspecified atom stereocenters. The number of benzene rings is 2. The molecule has 7 heteroatoms. The molecule has 3 aromatic rings. The minimum atomic E-state index is -0.282. The Morgan fingerprint density at radius 3 is 2.52 bits per heavy atom. The Balaban J connectivity index is 2.30. The number of nitrogens with zero attached hydrogens (tertiary/aromatic N) is 1. The maximum absolute atomic E-state index is 12.7. The first kappa shape index (κ1) is 15.1. The second-order valence-corrected chi connectivity index (χ2v) is 5.23. The SMILES string of the molecule is COc1ccc(-n2c(=S)[nH]c3cc(O)ccc3c2=O)cc1OC. The molecule has 118 valence electrons. The molecule has 0 amide bonds. The van der Waals surface area contributed by atoms with Gasteiger partial charge in [0.25, 0.3) is 5.56 Å². The number of nitrogens with one attached hydrogen (secondary N) is 1. The Kier molecular flexibility index (Phi) is 3.79. The van der Waals surface area contributed by atoms with Gasteiger partial charge in [0, 0.05) is 12.1 Å². The fraction of sp³-hybridized carbons (Fsp3) is 0.125. The van der Waals surface area contributed by atoms with Gasteiger partial charge in [0.05, 0.1) is 30.8 Å². The van der Waals surface area contributed by atoms with Crippen LogP contribution in [0.25, 0.3) is 16.6 Å². The van der Waals surface area contributed by atoms with Crippen molar-refractivity contribution in [3.63, 3.8) is 0 Å². The van der Waals surface area contributed by atoms with Gasteiger partial charge in [0.1, 0.15) is 5.75 Å². The van der Waals surface area contributed by atoms with E-state index in [2.05, 4.69) is 4.98 Å². The van der Waals surface area contributed by atoms with Crippen molar-refractivity contribution in [1.29, 1.82) is 0 Å². The van der Waals surface area contributed by atoms with Crippen molar-refractivity contribution in [3.05, 3.63) is 51.5 Å². The van der Waals surface area contributed by atoms with E-state index in [4.69, 9.17) is 21.7 Å². The van der Waals surface area contributed by atoms with Crippen LogP contribution in [0.15, 0.2) is 41.2 Å². The van der Waals surface area contributed by atoms with Gasteiger partial charge in [-0.1, -0.05) is 0 Å². The molecule has 1 aromatic heterocycles. The minimum absolute atomic E-state index is 0.0615. The number of fused-ring (bicyclic) bond motifs is 1. The van der Waals surface area contributed by atoms with E-state index in [1.807, 2.05) is 0 Å². The van der Waals surface area contributed by atoms with Crippen molar-refractivity contribution in [2.75, 3.05) is 14.2 Å². The van der Waals surface area contributed by atoms with Crippen molar-refractivity contribution >= 4 is 23.1 Å². The molecular formula is C16H14N2O4S. The number of aromatic hydroxyl groups is 1. The molecular weight excluding hydrogens is 316 g/mol. The second kappa shape index (κ2) is 5.77. The van der Waals surface area contributed by atoms with E-state index < -0.39 is 0 Å². The van der Waals surface area contributed by atoms with E-state index in [1.165, 1.54) is 23.8 Å². The summed E-state index contributed by atoms with van der Waals surface area (Å²) in [6.45, 7) is 0. The predicted octanol–water partition coefficient (Wildman–Crippen LogP) is 2.77. The van der Waals surface area contributed by atoms with Crippen molar-refractivity contribution < 1.29 is 14.6 Å². The molecule has 1 heterocycles. The average molecular weight is 330 g/mol. The average Bonchev–Trinajstić information content (AvgIpc) is 2.54. The van der Waals surface area contributed by atoms with E-state index in [0.717, 1.165) is 0 Å². The predicted molar refractivity (Wildman–Crippen MR) is 89.5 cm³/mol. The van der Waals surface area contributed by atoms with Gasteiger partial charge in [-0.2, -0.15) is 0 Å². The molecule has 0 bridgehead atoms. The first-order valence-electron chi connectivity index (χ1n) is 6.75. The second-order valence-electron chi connectivity index (χ2n) is 4.84. The summed E-state index contributed by atoms with van der Waals surface area (Å²) in [5, 5.41) is 9.95. The number of aromatic nitrogens is 2. The molecule has 6 nitrogen and oxygen atoms in total. The van der Waals surface area contributed by atoms with Crippen LogP contribution in [-0.2, 0) is 0 Å². The fourth-order valence-corrected chi connectivity index (χ4v) is 2.70. The van der Waals surface area contributed by atoms with Crippen LogP contribution in [0.3, 0.4) is 0 Å². The molecule has 0 aliphatic carbocycles. The lowest BCUT2D eigenvalue weighted by atomic mass is 10.2. The molecule has 0 aliphatic heterocycles. The zero-order chi connectivity index (χ0) is 16.6. The number of aromatic amines is 1. The summed E-state index contributed by atoms with van der Waals surface area (Å²) in [7, 11) is 3.06. The summed E-state index contributed by atoms with van der Waals surface area (Å²) in [4.78, 5) is 15.7. The summed E-state index contributed by atoms with van der Waals surface area (Å²) in [5.74, 6) is 1.12. The highest BCUT2D eigenvalue weighted by molar-refractivity contribution is 7.71. The Morgan fingerprint density at radius 2 is 1.83 bits per heavy atom. The van der Waals surface area contributed by atoms with Gasteiger partial charge in [0.2, 0.25) is 0 Å². The summed E-state index contributed by atoms with van der Waals surface area (Å²) in [6.07, 6.45) is 0. The first-order chi connectivity index (χ1) is 11.0. The van der Waals surface area contributed by atoms with Crippen LogP contribution in [0.2, 0.25) is 0 Å². The number of hydrogen-bond acceptors (Lipinski definition) is 5. The Morgan fingerprint density at radius 1 is 1.09 bits per heavy atom. The topological polar surface area (TPSA) is 76.5 Å². The summed E-state index contributed by atoms with van der Waals surface area (Å²) < 4.78 is 12.1. The van der Waals surface area contributed by atoms with Crippen molar-refractivity contribution in [1.82, 2.24) is 9.55 Å². The van der Waals surface area contributed by atoms with Crippen LogP contribution >= 0.6 is 12.2 Å². The van der Waals surface area contributed by atoms with Gasteiger partial charge in [-0.25, -0.2) is 0 Å². The standard InChI is InChI=1S/C16H14N2O4S/c1-21-13-6-3-9(7-14(13)22-2)18-15(20)11-5-4-10(19)8-12(11)17-16(18)23/h3-8,19H,1-2H3,(H,17,23). The highest BCUT2D eigenvalue weighted by Gasteiger charge is 2.11. The molecule has 2 aromatic carbocycles. The Labute approximate surface area is 136 Å². The van der Waals surface area contributed by atoms with Gasteiger partial charge in [-0.3, -0.25) is 9.36 Å². The van der Waals surface area contributed by atoms with E-state index in [1.54, 1.807) is 31.4 Å². The van der Waals surface area contributed by atoms with Crippen molar-refractivity contribution in [3.8, 4) is 22.9 Å². The maximum atomic E-state index is 12.7. The number of rotatable bonds is 3. The van der Waals surface area contributed by atoms with Gasteiger partial charge in [-0.05, 0) is 36.5 Å². The van der Waals surface area contributed by atoms with Gasteiger partial charge >= 0.3 is 0 Å². The number of hydrogen-bond donors (Lipinski definition) is 2. The molecule has 0 radical (unpaired) electrons.